The number of dihydropyridines is 1. The molecule has 104 valence electrons. The highest BCUT2D eigenvalue weighted by molar-refractivity contribution is 5.98. The summed E-state index contributed by atoms with van der Waals surface area (Å²) in [6, 6.07) is 1.52. The second kappa shape index (κ2) is 5.12. The molecule has 0 radical (unpaired) electrons. The Bertz CT molecular complexity index is 598. The van der Waals surface area contributed by atoms with Gasteiger partial charge in [0, 0.05) is 17.6 Å². The van der Waals surface area contributed by atoms with Gasteiger partial charge >= 0.3 is 11.9 Å². The maximum Gasteiger partial charge on any atom is 0.334 e. The number of carboxylic acid groups (broad SMARTS) is 2. The maximum atomic E-state index is 11.5. The third-order valence-corrected chi connectivity index (χ3v) is 3.12. The minimum atomic E-state index is -1.18. The third kappa shape index (κ3) is 2.25. The minimum absolute atomic E-state index is 0.0216. The molecule has 0 atom stereocenters. The van der Waals surface area contributed by atoms with Crippen molar-refractivity contribution in [3.63, 3.8) is 0 Å². The topological polar surface area (TPSA) is 112 Å². The van der Waals surface area contributed by atoms with Gasteiger partial charge in [0.1, 0.15) is 6.33 Å². The molecule has 0 aliphatic carbocycles. The number of allylic oxidation sites excluding steroid dienone is 2. The van der Waals surface area contributed by atoms with Gasteiger partial charge in [-0.3, -0.25) is 0 Å². The van der Waals surface area contributed by atoms with E-state index in [0.29, 0.717) is 17.1 Å². The molecular formula is C13H13N3O4. The van der Waals surface area contributed by atoms with Crippen LogP contribution in [0.2, 0.25) is 0 Å². The fourth-order valence-corrected chi connectivity index (χ4v) is 2.33. The molecule has 1 aromatic heterocycles. The summed E-state index contributed by atoms with van der Waals surface area (Å²) in [5.41, 5.74) is 1.11. The number of hydrogen-bond donors (Lipinski definition) is 3. The van der Waals surface area contributed by atoms with Crippen LogP contribution in [0.1, 0.15) is 25.5 Å². The molecule has 20 heavy (non-hydrogen) atoms. The van der Waals surface area contributed by atoms with Crippen molar-refractivity contribution < 1.29 is 19.8 Å². The lowest BCUT2D eigenvalue weighted by Crippen LogP contribution is -2.31. The normalized spacial score (nSPS) is 16.1. The van der Waals surface area contributed by atoms with Crippen molar-refractivity contribution >= 4 is 11.9 Å². The zero-order valence-corrected chi connectivity index (χ0v) is 10.9. The van der Waals surface area contributed by atoms with Crippen LogP contribution in [0.3, 0.4) is 0 Å². The van der Waals surface area contributed by atoms with E-state index in [1.165, 1.54) is 18.6 Å². The fourth-order valence-electron chi connectivity index (χ4n) is 2.33. The number of aliphatic carboxylic acids is 2. The van der Waals surface area contributed by atoms with Gasteiger partial charge in [-0.05, 0) is 19.9 Å². The number of carbonyl (C=O) groups is 2. The van der Waals surface area contributed by atoms with E-state index in [9.17, 15) is 19.8 Å². The van der Waals surface area contributed by atoms with Crippen LogP contribution in [-0.4, -0.2) is 32.1 Å². The fraction of sp³-hybridized carbons (Fsp3) is 0.231. The Hall–Kier alpha value is -2.70. The smallest absolute Gasteiger partial charge is 0.334 e. The van der Waals surface area contributed by atoms with Crippen LogP contribution in [0.5, 0.6) is 0 Å². The quantitative estimate of drug-likeness (QED) is 0.750. The Morgan fingerprint density at radius 3 is 2.10 bits per heavy atom. The summed E-state index contributed by atoms with van der Waals surface area (Å²) in [4.78, 5) is 30.7. The maximum absolute atomic E-state index is 11.5. The van der Waals surface area contributed by atoms with E-state index >= 15 is 0 Å². The van der Waals surface area contributed by atoms with Crippen molar-refractivity contribution in [3.05, 3.63) is 46.8 Å². The van der Waals surface area contributed by atoms with Gasteiger partial charge < -0.3 is 15.5 Å². The van der Waals surface area contributed by atoms with Crippen molar-refractivity contribution in [2.45, 2.75) is 19.8 Å². The van der Waals surface area contributed by atoms with Crippen molar-refractivity contribution in [1.29, 1.82) is 0 Å². The summed E-state index contributed by atoms with van der Waals surface area (Å²) in [7, 11) is 0. The van der Waals surface area contributed by atoms with E-state index in [-0.39, 0.29) is 11.1 Å². The molecule has 0 bridgehead atoms. The molecule has 3 N–H and O–H groups in total. The molecule has 2 rings (SSSR count). The van der Waals surface area contributed by atoms with Gasteiger partial charge in [0.25, 0.3) is 0 Å². The van der Waals surface area contributed by atoms with Crippen LogP contribution >= 0.6 is 0 Å². The molecule has 1 aliphatic rings. The Labute approximate surface area is 114 Å². The molecule has 0 saturated carbocycles. The molecule has 1 aliphatic heterocycles. The molecule has 0 fully saturated rings. The number of nitrogens with one attached hydrogen (secondary N) is 1. The Balaban J connectivity index is 2.67. The first-order chi connectivity index (χ1) is 9.43. The van der Waals surface area contributed by atoms with Gasteiger partial charge in [0.2, 0.25) is 0 Å². The van der Waals surface area contributed by atoms with Gasteiger partial charge in [-0.15, -0.1) is 0 Å². The van der Waals surface area contributed by atoms with E-state index < -0.39 is 17.9 Å². The minimum Gasteiger partial charge on any atom is -0.478 e. The first-order valence-electron chi connectivity index (χ1n) is 5.84. The summed E-state index contributed by atoms with van der Waals surface area (Å²) >= 11 is 0. The molecule has 0 amide bonds. The van der Waals surface area contributed by atoms with Crippen molar-refractivity contribution in [2.24, 2.45) is 0 Å². The van der Waals surface area contributed by atoms with E-state index in [2.05, 4.69) is 15.3 Å². The van der Waals surface area contributed by atoms with Crippen LogP contribution < -0.4 is 5.32 Å². The predicted octanol–water partition coefficient (Wildman–Crippen LogP) is 0.881. The SMILES string of the molecule is CC1=C(C(=O)O)C(c2ccncn2)C(C(=O)O)=C(C)N1. The van der Waals surface area contributed by atoms with E-state index in [1.807, 2.05) is 0 Å². The number of rotatable bonds is 3. The van der Waals surface area contributed by atoms with Gasteiger partial charge in [0.05, 0.1) is 22.8 Å². The number of nitrogens with zero attached hydrogens (tertiary/aromatic N) is 2. The molecule has 0 aromatic carbocycles. The predicted molar refractivity (Wildman–Crippen MR) is 68.6 cm³/mol. The molecule has 7 nitrogen and oxygen atoms in total. The first-order valence-corrected chi connectivity index (χ1v) is 5.84. The van der Waals surface area contributed by atoms with Crippen LogP contribution in [0.4, 0.5) is 0 Å². The van der Waals surface area contributed by atoms with Crippen LogP contribution in [0, 0.1) is 0 Å². The zero-order valence-electron chi connectivity index (χ0n) is 10.9. The average molecular weight is 275 g/mol. The third-order valence-electron chi connectivity index (χ3n) is 3.12. The average Bonchev–Trinajstić information content (AvgIpc) is 2.37. The highest BCUT2D eigenvalue weighted by Gasteiger charge is 2.37. The summed E-state index contributed by atoms with van der Waals surface area (Å²) in [6.07, 6.45) is 2.72. The lowest BCUT2D eigenvalue weighted by atomic mass is 9.83. The number of carboxylic acids is 2. The zero-order chi connectivity index (χ0) is 14.9. The van der Waals surface area contributed by atoms with Gasteiger partial charge in [-0.2, -0.15) is 0 Å². The molecule has 1 aromatic rings. The Morgan fingerprint density at radius 1 is 1.15 bits per heavy atom. The van der Waals surface area contributed by atoms with Crippen molar-refractivity contribution in [1.82, 2.24) is 15.3 Å². The second-order valence-electron chi connectivity index (χ2n) is 4.38. The molecule has 7 heteroatoms. The molecule has 0 unspecified atom stereocenters. The van der Waals surface area contributed by atoms with E-state index in [1.54, 1.807) is 13.8 Å². The van der Waals surface area contributed by atoms with Crippen LogP contribution in [-0.2, 0) is 9.59 Å². The summed E-state index contributed by atoms with van der Waals surface area (Å²) in [5.74, 6) is -3.27. The van der Waals surface area contributed by atoms with Gasteiger partial charge in [0.15, 0.2) is 0 Å². The summed E-state index contributed by atoms with van der Waals surface area (Å²) < 4.78 is 0. The van der Waals surface area contributed by atoms with Crippen molar-refractivity contribution in [2.75, 3.05) is 0 Å². The monoisotopic (exact) mass is 275 g/mol. The molecule has 0 saturated heterocycles. The number of hydrogen-bond acceptors (Lipinski definition) is 5. The molecular weight excluding hydrogens is 262 g/mol. The highest BCUT2D eigenvalue weighted by atomic mass is 16.4. The van der Waals surface area contributed by atoms with Gasteiger partial charge in [-0.25, -0.2) is 19.6 Å². The van der Waals surface area contributed by atoms with Gasteiger partial charge in [-0.1, -0.05) is 0 Å². The lowest BCUT2D eigenvalue weighted by molar-refractivity contribution is -0.133. The number of aromatic nitrogens is 2. The van der Waals surface area contributed by atoms with Crippen molar-refractivity contribution in [3.8, 4) is 0 Å². The largest absolute Gasteiger partial charge is 0.478 e. The standard InChI is InChI=1S/C13H13N3O4/c1-6-9(12(17)18)11(8-3-4-14-5-15-8)10(13(19)20)7(2)16-6/h3-5,11,16H,1-2H3,(H,17,18)(H,19,20). The van der Waals surface area contributed by atoms with Crippen LogP contribution in [0.25, 0.3) is 0 Å². The summed E-state index contributed by atoms with van der Waals surface area (Å²) in [5, 5.41) is 21.5. The Kier molecular flexibility index (Phi) is 3.51. The first kappa shape index (κ1) is 13.7. The summed E-state index contributed by atoms with van der Waals surface area (Å²) in [6.45, 7) is 3.19. The Morgan fingerprint density at radius 2 is 1.70 bits per heavy atom. The van der Waals surface area contributed by atoms with E-state index in [0.717, 1.165) is 0 Å². The highest BCUT2D eigenvalue weighted by Crippen LogP contribution is 2.36. The lowest BCUT2D eigenvalue weighted by Gasteiger charge is -2.27. The van der Waals surface area contributed by atoms with E-state index in [4.69, 9.17) is 0 Å². The second-order valence-corrected chi connectivity index (χ2v) is 4.38. The molecule has 0 spiro atoms. The molecule has 2 heterocycles. The van der Waals surface area contributed by atoms with Crippen LogP contribution in [0.15, 0.2) is 41.1 Å².